The number of phenols is 1. The van der Waals surface area contributed by atoms with Crippen LogP contribution in [0.25, 0.3) is 5.69 Å². The molecule has 0 radical (unpaired) electrons. The van der Waals surface area contributed by atoms with Gasteiger partial charge in [0.2, 0.25) is 0 Å². The maximum absolute atomic E-state index is 15.3. The fourth-order valence-electron chi connectivity index (χ4n) is 8.00. The highest BCUT2D eigenvalue weighted by Crippen LogP contribution is 2.62. The summed E-state index contributed by atoms with van der Waals surface area (Å²) in [5.41, 5.74) is 2.44. The number of anilines is 1. The zero-order valence-corrected chi connectivity index (χ0v) is 29.1. The van der Waals surface area contributed by atoms with Gasteiger partial charge in [0.15, 0.2) is 0 Å². The molecular weight excluding hydrogens is 717 g/mol. The van der Waals surface area contributed by atoms with Crippen molar-refractivity contribution in [1.82, 2.24) is 18.9 Å². The number of carbonyl (C=O) groups excluding carboxylic acids is 2. The third-order valence-corrected chi connectivity index (χ3v) is 11.0. The molecule has 11 nitrogen and oxygen atoms in total. The van der Waals surface area contributed by atoms with Crippen molar-refractivity contribution >= 4 is 52.3 Å². The second-order valence-corrected chi connectivity index (χ2v) is 13.9. The van der Waals surface area contributed by atoms with Crippen LogP contribution in [0, 0.1) is 5.92 Å². The van der Waals surface area contributed by atoms with Gasteiger partial charge in [0, 0.05) is 16.0 Å². The molecule has 1 aliphatic carbocycles. The van der Waals surface area contributed by atoms with E-state index in [2.05, 4.69) is 5.43 Å². The molecule has 4 aromatic carbocycles. The van der Waals surface area contributed by atoms with Crippen LogP contribution in [0.3, 0.4) is 0 Å². The van der Waals surface area contributed by atoms with Gasteiger partial charge in [0.1, 0.15) is 11.5 Å². The number of aromatic nitrogens is 3. The molecule has 3 heterocycles. The van der Waals surface area contributed by atoms with Crippen LogP contribution in [0.5, 0.6) is 11.5 Å². The molecule has 8 rings (SSSR count). The highest BCUT2D eigenvalue weighted by molar-refractivity contribution is 6.36. The van der Waals surface area contributed by atoms with E-state index < -0.39 is 46.5 Å². The molecule has 4 atom stereocenters. The summed E-state index contributed by atoms with van der Waals surface area (Å²) in [6, 6.07) is 23.8. The molecule has 2 fully saturated rings. The van der Waals surface area contributed by atoms with Crippen LogP contribution in [0.15, 0.2) is 112 Å². The van der Waals surface area contributed by atoms with Crippen molar-refractivity contribution in [1.29, 1.82) is 0 Å². The lowest BCUT2D eigenvalue weighted by Gasteiger charge is -2.49. The average molecular weight is 745 g/mol. The molecule has 1 aromatic heterocycles. The summed E-state index contributed by atoms with van der Waals surface area (Å²) in [6.07, 6.45) is 1.82. The number of para-hydroxylation sites is 1. The number of nitrogens with one attached hydrogen (secondary N) is 1. The Morgan fingerprint density at radius 3 is 2.29 bits per heavy atom. The Kier molecular flexibility index (Phi) is 7.90. The number of phenolic OH excluding ortho intramolecular Hbond substituents is 1. The Labute approximate surface area is 305 Å². The summed E-state index contributed by atoms with van der Waals surface area (Å²) in [6.45, 7) is 0.0137. The molecule has 2 aliphatic heterocycles. The van der Waals surface area contributed by atoms with E-state index in [0.717, 1.165) is 9.58 Å². The van der Waals surface area contributed by atoms with Gasteiger partial charge < -0.3 is 9.84 Å². The van der Waals surface area contributed by atoms with Crippen molar-refractivity contribution in [3.8, 4) is 17.2 Å². The number of hydrogen-bond acceptors (Lipinski definition) is 7. The standard InChI is InChI=1S/C37H28Cl3N5O6/c1-51-24-11-7-20(8-12-24)37-27(33(47)44(34(37)48)41-30-14-9-21(38)17-29(30)40)19-31-26(32(37)25-13-10-23(46)18-28(25)39)15-16-42-35(49)43(36(50)45(31)42)22-5-3-2-4-6-22/h2-15,17-18,27,31-32,41,46H,16,19H2,1H3. The van der Waals surface area contributed by atoms with Crippen LogP contribution in [-0.4, -0.2) is 43.0 Å². The lowest BCUT2D eigenvalue weighted by molar-refractivity contribution is -0.138. The fourth-order valence-corrected chi connectivity index (χ4v) is 8.73. The first-order valence-electron chi connectivity index (χ1n) is 16.0. The highest BCUT2D eigenvalue weighted by Gasteiger charge is 2.69. The van der Waals surface area contributed by atoms with Gasteiger partial charge >= 0.3 is 11.4 Å². The zero-order chi connectivity index (χ0) is 35.8. The predicted molar refractivity (Wildman–Crippen MR) is 192 cm³/mol. The number of rotatable bonds is 6. The van der Waals surface area contributed by atoms with E-state index in [1.807, 2.05) is 6.08 Å². The van der Waals surface area contributed by atoms with Crippen molar-refractivity contribution in [2.75, 3.05) is 12.5 Å². The molecule has 2 N–H and O–H groups in total. The van der Waals surface area contributed by atoms with Crippen molar-refractivity contribution in [3.05, 3.63) is 150 Å². The van der Waals surface area contributed by atoms with E-state index >= 15 is 4.79 Å². The van der Waals surface area contributed by atoms with Crippen LogP contribution in [0.1, 0.15) is 29.5 Å². The van der Waals surface area contributed by atoms with Gasteiger partial charge in [0.25, 0.3) is 11.8 Å². The van der Waals surface area contributed by atoms with Gasteiger partial charge in [-0.25, -0.2) is 23.5 Å². The van der Waals surface area contributed by atoms with E-state index in [0.29, 0.717) is 33.2 Å². The lowest BCUT2D eigenvalue weighted by atomic mass is 9.53. The highest BCUT2D eigenvalue weighted by atomic mass is 35.5. The number of imide groups is 1. The Morgan fingerprint density at radius 2 is 1.61 bits per heavy atom. The van der Waals surface area contributed by atoms with E-state index in [-0.39, 0.29) is 34.4 Å². The second kappa shape index (κ2) is 12.2. The maximum Gasteiger partial charge on any atom is 0.352 e. The van der Waals surface area contributed by atoms with Crippen LogP contribution < -0.4 is 21.5 Å². The summed E-state index contributed by atoms with van der Waals surface area (Å²) >= 11 is 19.6. The summed E-state index contributed by atoms with van der Waals surface area (Å²) in [7, 11) is 1.53. The Morgan fingerprint density at radius 1 is 0.863 bits per heavy atom. The number of ether oxygens (including phenoxy) is 1. The van der Waals surface area contributed by atoms with Gasteiger partial charge in [0.05, 0.1) is 47.4 Å². The van der Waals surface area contributed by atoms with Gasteiger partial charge in [-0.05, 0) is 77.7 Å². The summed E-state index contributed by atoms with van der Waals surface area (Å²) < 4.78 is 9.27. The smallest absolute Gasteiger partial charge is 0.352 e. The largest absolute Gasteiger partial charge is 0.508 e. The van der Waals surface area contributed by atoms with Crippen molar-refractivity contribution in [3.63, 3.8) is 0 Å². The normalized spacial score (nSPS) is 22.2. The van der Waals surface area contributed by atoms with Crippen LogP contribution in [0.2, 0.25) is 15.1 Å². The van der Waals surface area contributed by atoms with Gasteiger partial charge in [-0.15, -0.1) is 0 Å². The third kappa shape index (κ3) is 4.86. The molecule has 2 amide bonds. The molecule has 0 spiro atoms. The number of allylic oxidation sites excluding steroid dienone is 2. The Balaban J connectivity index is 1.39. The number of carbonyl (C=O) groups is 2. The van der Waals surface area contributed by atoms with Gasteiger partial charge in [-0.3, -0.25) is 15.0 Å². The molecule has 258 valence electrons. The molecule has 51 heavy (non-hydrogen) atoms. The van der Waals surface area contributed by atoms with Gasteiger partial charge in [-0.2, -0.15) is 5.01 Å². The lowest BCUT2D eigenvalue weighted by Crippen LogP contribution is -2.53. The Bertz CT molecular complexity index is 2400. The minimum atomic E-state index is -1.62. The van der Waals surface area contributed by atoms with Crippen molar-refractivity contribution in [2.45, 2.75) is 30.3 Å². The number of halogens is 3. The first kappa shape index (κ1) is 32.9. The summed E-state index contributed by atoms with van der Waals surface area (Å²) in [4.78, 5) is 58.2. The number of amides is 2. The second-order valence-electron chi connectivity index (χ2n) is 12.6. The molecule has 3 aliphatic rings. The molecule has 1 saturated heterocycles. The average Bonchev–Trinajstić information content (AvgIpc) is 3.50. The summed E-state index contributed by atoms with van der Waals surface area (Å²) in [5.74, 6) is -2.74. The first-order chi connectivity index (χ1) is 24.6. The molecular formula is C37H28Cl3N5O6. The van der Waals surface area contributed by atoms with Crippen molar-refractivity contribution in [2.24, 2.45) is 5.92 Å². The molecule has 0 bridgehead atoms. The third-order valence-electron chi connectivity index (χ3n) is 10.2. The van der Waals surface area contributed by atoms with Crippen molar-refractivity contribution < 1.29 is 19.4 Å². The molecule has 14 heteroatoms. The molecule has 1 saturated carbocycles. The minimum Gasteiger partial charge on any atom is -0.508 e. The monoisotopic (exact) mass is 743 g/mol. The SMILES string of the molecule is COc1ccc(C23C(=O)N(Nc4ccc(Cl)cc4Cl)C(=O)C2CC2C(=CCn4c(=O)n(-c5ccccc5)c(=O)n42)C3c2ccc(O)cc2Cl)cc1. The van der Waals surface area contributed by atoms with E-state index in [4.69, 9.17) is 39.5 Å². The van der Waals surface area contributed by atoms with E-state index in [9.17, 15) is 19.5 Å². The topological polar surface area (TPSA) is 128 Å². The zero-order valence-electron chi connectivity index (χ0n) is 26.8. The maximum atomic E-state index is 15.3. The number of hydrogen-bond donors (Lipinski definition) is 2. The molecule has 4 unspecified atom stereocenters. The fraction of sp³-hybridized carbons (Fsp3) is 0.189. The summed E-state index contributed by atoms with van der Waals surface area (Å²) in [5, 5.41) is 12.1. The van der Waals surface area contributed by atoms with Crippen LogP contribution in [-0.2, 0) is 21.5 Å². The number of hydrazine groups is 1. The first-order valence-corrected chi connectivity index (χ1v) is 17.1. The number of fused-ring (bicyclic) bond motifs is 4. The predicted octanol–water partition coefficient (Wildman–Crippen LogP) is 6.09. The van der Waals surface area contributed by atoms with Crippen LogP contribution >= 0.6 is 34.8 Å². The van der Waals surface area contributed by atoms with Gasteiger partial charge in [-0.1, -0.05) is 77.3 Å². The van der Waals surface area contributed by atoms with Crippen LogP contribution in [0.4, 0.5) is 5.69 Å². The number of benzene rings is 4. The minimum absolute atomic E-state index is 0.0137. The molecule has 5 aromatic rings. The van der Waals surface area contributed by atoms with E-state index in [1.54, 1.807) is 72.8 Å². The number of methoxy groups -OCH3 is 1. The Hall–Kier alpha value is -5.23. The number of aromatic hydroxyl groups is 1. The van der Waals surface area contributed by atoms with E-state index in [1.165, 1.54) is 34.7 Å². The number of nitrogens with zero attached hydrogens (tertiary/aromatic N) is 4. The quantitative estimate of drug-likeness (QED) is 0.159.